The number of halogens is 1. The lowest BCUT2D eigenvalue weighted by molar-refractivity contribution is -0.140. The summed E-state index contributed by atoms with van der Waals surface area (Å²) < 4.78 is 39.9. The van der Waals surface area contributed by atoms with Crippen molar-refractivity contribution < 1.29 is 27.5 Å². The van der Waals surface area contributed by atoms with Crippen molar-refractivity contribution in [3.8, 4) is 11.5 Å². The van der Waals surface area contributed by atoms with Gasteiger partial charge in [0.1, 0.15) is 24.1 Å². The molecule has 9 nitrogen and oxygen atoms in total. The fourth-order valence-electron chi connectivity index (χ4n) is 4.91. The van der Waals surface area contributed by atoms with Crippen LogP contribution in [0.1, 0.15) is 25.0 Å². The van der Waals surface area contributed by atoms with Gasteiger partial charge in [0, 0.05) is 24.0 Å². The van der Waals surface area contributed by atoms with E-state index in [1.807, 2.05) is 50.2 Å². The minimum Gasteiger partial charge on any atom is -0.497 e. The van der Waals surface area contributed by atoms with E-state index in [0.717, 1.165) is 9.87 Å². The number of benzene rings is 4. The van der Waals surface area contributed by atoms with Gasteiger partial charge in [-0.25, -0.2) is 8.42 Å². The van der Waals surface area contributed by atoms with Crippen LogP contribution in [-0.4, -0.2) is 58.0 Å². The van der Waals surface area contributed by atoms with Crippen LogP contribution >= 0.6 is 11.6 Å². The molecular formula is C35H38ClN3O6S. The lowest BCUT2D eigenvalue weighted by Crippen LogP contribution is -2.54. The van der Waals surface area contributed by atoms with E-state index in [1.165, 1.54) is 48.4 Å². The summed E-state index contributed by atoms with van der Waals surface area (Å²) in [5, 5.41) is 3.36. The molecule has 242 valence electrons. The van der Waals surface area contributed by atoms with Gasteiger partial charge in [0.05, 0.1) is 24.8 Å². The first-order chi connectivity index (χ1) is 22.0. The Morgan fingerprint density at radius 2 is 1.43 bits per heavy atom. The molecule has 0 spiro atoms. The lowest BCUT2D eigenvalue weighted by Gasteiger charge is -2.34. The Labute approximate surface area is 275 Å². The van der Waals surface area contributed by atoms with Crippen LogP contribution in [0.2, 0.25) is 5.02 Å². The normalized spacial score (nSPS) is 11.9. The molecule has 0 aliphatic carbocycles. The highest BCUT2D eigenvalue weighted by Crippen LogP contribution is 2.28. The molecule has 11 heteroatoms. The molecule has 0 bridgehead atoms. The third-order valence-electron chi connectivity index (χ3n) is 7.23. The molecule has 0 saturated heterocycles. The Balaban J connectivity index is 1.81. The molecule has 4 rings (SSSR count). The number of hydrogen-bond acceptors (Lipinski definition) is 6. The van der Waals surface area contributed by atoms with Gasteiger partial charge in [-0.15, -0.1) is 0 Å². The molecule has 0 aromatic heterocycles. The van der Waals surface area contributed by atoms with Gasteiger partial charge in [-0.1, -0.05) is 54.1 Å². The monoisotopic (exact) mass is 663 g/mol. The van der Waals surface area contributed by atoms with Gasteiger partial charge >= 0.3 is 0 Å². The molecular weight excluding hydrogens is 626 g/mol. The van der Waals surface area contributed by atoms with Gasteiger partial charge in [-0.05, 0) is 85.6 Å². The van der Waals surface area contributed by atoms with Crippen molar-refractivity contribution >= 4 is 39.1 Å². The van der Waals surface area contributed by atoms with E-state index in [2.05, 4.69) is 5.32 Å². The molecule has 1 atom stereocenters. The fraction of sp³-hybridized carbons (Fsp3) is 0.257. The highest BCUT2D eigenvalue weighted by atomic mass is 35.5. The summed E-state index contributed by atoms with van der Waals surface area (Å²) >= 11 is 6.14. The SMILES string of the molecule is COc1ccc(S(=O)(=O)N(CC(=O)N(Cc2cccc(OC)c2)C(Cc2ccccc2)C(=O)NC(C)C)c2ccc(Cl)cc2)cc1. The van der Waals surface area contributed by atoms with Crippen molar-refractivity contribution in [1.29, 1.82) is 0 Å². The summed E-state index contributed by atoms with van der Waals surface area (Å²) in [6.45, 7) is 3.13. The molecule has 2 amide bonds. The third kappa shape index (κ3) is 8.80. The van der Waals surface area contributed by atoms with Crippen molar-refractivity contribution in [1.82, 2.24) is 10.2 Å². The predicted octanol–water partition coefficient (Wildman–Crippen LogP) is 5.72. The lowest BCUT2D eigenvalue weighted by atomic mass is 10.0. The molecule has 0 heterocycles. The maximum atomic E-state index is 14.5. The summed E-state index contributed by atoms with van der Waals surface area (Å²) in [5.41, 5.74) is 1.79. The largest absolute Gasteiger partial charge is 0.497 e. The van der Waals surface area contributed by atoms with Crippen LogP contribution in [0, 0.1) is 0 Å². The van der Waals surface area contributed by atoms with Crippen LogP contribution in [0.15, 0.2) is 108 Å². The van der Waals surface area contributed by atoms with E-state index < -0.39 is 28.5 Å². The number of rotatable bonds is 14. The predicted molar refractivity (Wildman–Crippen MR) is 180 cm³/mol. The van der Waals surface area contributed by atoms with Crippen LogP contribution in [-0.2, 0) is 32.6 Å². The molecule has 1 unspecified atom stereocenters. The zero-order valence-electron chi connectivity index (χ0n) is 26.2. The van der Waals surface area contributed by atoms with Gasteiger partial charge in [0.15, 0.2) is 0 Å². The van der Waals surface area contributed by atoms with E-state index in [0.29, 0.717) is 22.1 Å². The first-order valence-electron chi connectivity index (χ1n) is 14.7. The van der Waals surface area contributed by atoms with Gasteiger partial charge in [0.2, 0.25) is 11.8 Å². The number of methoxy groups -OCH3 is 2. The molecule has 1 N–H and O–H groups in total. The molecule has 4 aromatic rings. The zero-order valence-corrected chi connectivity index (χ0v) is 27.8. The Morgan fingerprint density at radius 1 is 0.804 bits per heavy atom. The van der Waals surface area contributed by atoms with Crippen LogP contribution < -0.4 is 19.1 Å². The molecule has 46 heavy (non-hydrogen) atoms. The number of carbonyl (C=O) groups is 2. The minimum atomic E-state index is -4.26. The van der Waals surface area contributed by atoms with Crippen molar-refractivity contribution in [3.63, 3.8) is 0 Å². The summed E-state index contributed by atoms with van der Waals surface area (Å²) in [6, 6.07) is 27.5. The first-order valence-corrected chi connectivity index (χ1v) is 16.5. The van der Waals surface area contributed by atoms with Gasteiger partial charge in [-0.3, -0.25) is 13.9 Å². The highest BCUT2D eigenvalue weighted by molar-refractivity contribution is 7.92. The van der Waals surface area contributed by atoms with Crippen molar-refractivity contribution in [2.45, 2.75) is 43.8 Å². The number of ether oxygens (including phenoxy) is 2. The first kappa shape index (κ1) is 34.3. The molecule has 0 saturated carbocycles. The van der Waals surface area contributed by atoms with E-state index in [9.17, 15) is 18.0 Å². The number of hydrogen-bond donors (Lipinski definition) is 1. The Morgan fingerprint density at radius 3 is 2.04 bits per heavy atom. The van der Waals surface area contributed by atoms with Crippen LogP contribution in [0.25, 0.3) is 0 Å². The summed E-state index contributed by atoms with van der Waals surface area (Å²) in [7, 11) is -1.23. The molecule has 4 aromatic carbocycles. The molecule has 0 fully saturated rings. The van der Waals surface area contributed by atoms with Gasteiger partial charge in [0.25, 0.3) is 10.0 Å². The highest BCUT2D eigenvalue weighted by Gasteiger charge is 2.35. The molecule has 0 aliphatic rings. The molecule has 0 aliphatic heterocycles. The number of nitrogens with zero attached hydrogens (tertiary/aromatic N) is 2. The van der Waals surface area contributed by atoms with Crippen LogP contribution in [0.4, 0.5) is 5.69 Å². The number of carbonyl (C=O) groups excluding carboxylic acids is 2. The number of nitrogens with one attached hydrogen (secondary N) is 1. The van der Waals surface area contributed by atoms with E-state index in [4.69, 9.17) is 21.1 Å². The number of amides is 2. The quantitative estimate of drug-likeness (QED) is 0.185. The number of sulfonamides is 1. The Bertz CT molecular complexity index is 1720. The zero-order chi connectivity index (χ0) is 33.3. The fourth-order valence-corrected chi connectivity index (χ4v) is 6.45. The summed E-state index contributed by atoms with van der Waals surface area (Å²) in [5.74, 6) is 0.138. The Hall–Kier alpha value is -4.54. The van der Waals surface area contributed by atoms with Gasteiger partial charge < -0.3 is 19.7 Å². The van der Waals surface area contributed by atoms with Crippen LogP contribution in [0.3, 0.4) is 0 Å². The Kier molecular flexibility index (Phi) is 11.7. The van der Waals surface area contributed by atoms with E-state index in [-0.39, 0.29) is 35.5 Å². The second-order valence-corrected chi connectivity index (χ2v) is 13.2. The average molecular weight is 664 g/mol. The standard InChI is InChI=1S/C35H38ClN3O6S/c1-25(2)37-35(41)33(22-26-9-6-5-7-10-26)38(23-27-11-8-12-31(21-27)45-4)34(40)24-39(29-15-13-28(36)14-16-29)46(42,43)32-19-17-30(44-3)18-20-32/h5-21,25,33H,22-24H2,1-4H3,(H,37,41). The maximum absolute atomic E-state index is 14.5. The maximum Gasteiger partial charge on any atom is 0.264 e. The summed E-state index contributed by atoms with van der Waals surface area (Å²) in [6.07, 6.45) is 0.210. The van der Waals surface area contributed by atoms with Crippen molar-refractivity contribution in [2.75, 3.05) is 25.1 Å². The van der Waals surface area contributed by atoms with Crippen LogP contribution in [0.5, 0.6) is 11.5 Å². The van der Waals surface area contributed by atoms with E-state index in [1.54, 1.807) is 37.4 Å². The molecule has 0 radical (unpaired) electrons. The second kappa shape index (κ2) is 15.6. The minimum absolute atomic E-state index is 0.0239. The van der Waals surface area contributed by atoms with E-state index >= 15 is 0 Å². The topological polar surface area (TPSA) is 105 Å². The number of anilines is 1. The smallest absolute Gasteiger partial charge is 0.264 e. The summed E-state index contributed by atoms with van der Waals surface area (Å²) in [4.78, 5) is 29.7. The second-order valence-electron chi connectivity index (χ2n) is 10.9. The van der Waals surface area contributed by atoms with Gasteiger partial charge in [-0.2, -0.15) is 0 Å². The van der Waals surface area contributed by atoms with Crippen molar-refractivity contribution in [2.24, 2.45) is 0 Å². The average Bonchev–Trinajstić information content (AvgIpc) is 3.05. The third-order valence-corrected chi connectivity index (χ3v) is 9.27. The van der Waals surface area contributed by atoms with Crippen molar-refractivity contribution in [3.05, 3.63) is 119 Å².